The molecule has 1 aromatic heterocycles. The second-order valence-corrected chi connectivity index (χ2v) is 4.93. The highest BCUT2D eigenvalue weighted by Crippen LogP contribution is 2.41. The van der Waals surface area contributed by atoms with Crippen molar-refractivity contribution in [2.75, 3.05) is 16.3 Å². The lowest BCUT2D eigenvalue weighted by Gasteiger charge is -2.23. The summed E-state index contributed by atoms with van der Waals surface area (Å²) in [6, 6.07) is 4.43. The van der Waals surface area contributed by atoms with Crippen molar-refractivity contribution in [3.05, 3.63) is 24.5 Å². The van der Waals surface area contributed by atoms with Crippen molar-refractivity contribution in [3.8, 4) is 0 Å². The lowest BCUT2D eigenvalue weighted by molar-refractivity contribution is 1.06. The van der Waals surface area contributed by atoms with Gasteiger partial charge in [0, 0.05) is 24.7 Å². The second-order valence-electron chi connectivity index (χ2n) is 4.17. The second kappa shape index (κ2) is 4.07. The van der Waals surface area contributed by atoms with Crippen LogP contribution in [0.1, 0.15) is 12.8 Å². The molecule has 4 nitrogen and oxygen atoms in total. The average molecular weight is 246 g/mol. The highest BCUT2D eigenvalue weighted by molar-refractivity contribution is 8.00. The van der Waals surface area contributed by atoms with Crippen LogP contribution in [-0.2, 0) is 0 Å². The average Bonchev–Trinajstić information content (AvgIpc) is 3.17. The Morgan fingerprint density at radius 3 is 2.76 bits per heavy atom. The fourth-order valence-corrected chi connectivity index (χ4v) is 2.88. The Morgan fingerprint density at radius 2 is 2.06 bits per heavy atom. The van der Waals surface area contributed by atoms with Crippen LogP contribution in [0.4, 0.5) is 11.4 Å². The Morgan fingerprint density at radius 1 is 1.29 bits per heavy atom. The predicted octanol–water partition coefficient (Wildman–Crippen LogP) is 2.46. The van der Waals surface area contributed by atoms with E-state index in [2.05, 4.69) is 20.5 Å². The minimum atomic E-state index is 0.597. The Kier molecular flexibility index (Phi) is 2.55. The van der Waals surface area contributed by atoms with Crippen molar-refractivity contribution in [1.29, 1.82) is 0 Å². The predicted molar refractivity (Wildman–Crippen MR) is 73.0 cm³/mol. The molecular formula is C12H14N4S. The molecule has 0 atom stereocenters. The van der Waals surface area contributed by atoms with E-state index in [-0.39, 0.29) is 0 Å². The Bertz CT molecular complexity index is 553. The zero-order chi connectivity index (χ0) is 11.8. The monoisotopic (exact) mass is 246 g/mol. The van der Waals surface area contributed by atoms with Gasteiger partial charge in [-0.25, -0.2) is 0 Å². The Balaban J connectivity index is 2.21. The first kappa shape index (κ1) is 10.7. The van der Waals surface area contributed by atoms with Crippen molar-refractivity contribution < 1.29 is 0 Å². The maximum absolute atomic E-state index is 6.11. The number of nitrogens with zero attached hydrogens (tertiary/aromatic N) is 3. The molecule has 1 aliphatic rings. The summed E-state index contributed by atoms with van der Waals surface area (Å²) in [6.45, 7) is 0. The van der Waals surface area contributed by atoms with Gasteiger partial charge < -0.3 is 10.0 Å². The molecule has 1 saturated carbocycles. The number of nitrogen functional groups attached to an aromatic ring is 1. The lowest BCUT2D eigenvalue weighted by Crippen LogP contribution is -2.18. The van der Waals surface area contributed by atoms with Crippen molar-refractivity contribution in [1.82, 2.24) is 9.97 Å². The third-order valence-electron chi connectivity index (χ3n) is 2.94. The van der Waals surface area contributed by atoms with E-state index in [9.17, 15) is 0 Å². The van der Waals surface area contributed by atoms with Gasteiger partial charge in [-0.05, 0) is 25.0 Å². The van der Waals surface area contributed by atoms with Crippen LogP contribution in [-0.4, -0.2) is 22.3 Å². The minimum Gasteiger partial charge on any atom is -0.397 e. The molecule has 1 aliphatic carbocycles. The first-order valence-electron chi connectivity index (χ1n) is 5.64. The molecule has 2 N–H and O–H groups in total. The Hall–Kier alpha value is -1.49. The van der Waals surface area contributed by atoms with Crippen molar-refractivity contribution >= 4 is 34.4 Å². The third kappa shape index (κ3) is 1.80. The summed E-state index contributed by atoms with van der Waals surface area (Å²) in [6.07, 6.45) is 7.97. The van der Waals surface area contributed by atoms with Crippen LogP contribution in [0.25, 0.3) is 11.0 Å². The summed E-state index contributed by atoms with van der Waals surface area (Å²) in [4.78, 5) is 8.75. The van der Waals surface area contributed by atoms with Crippen molar-refractivity contribution in [2.24, 2.45) is 0 Å². The molecule has 0 unspecified atom stereocenters. The van der Waals surface area contributed by atoms with Gasteiger partial charge >= 0.3 is 0 Å². The maximum Gasteiger partial charge on any atom is 0.115 e. The first-order valence-corrected chi connectivity index (χ1v) is 6.82. The van der Waals surface area contributed by atoms with Crippen molar-refractivity contribution in [3.63, 3.8) is 0 Å². The largest absolute Gasteiger partial charge is 0.397 e. The van der Waals surface area contributed by atoms with Gasteiger partial charge in [-0.3, -0.25) is 9.97 Å². The normalized spacial score (nSPS) is 15.1. The van der Waals surface area contributed by atoms with E-state index < -0.39 is 0 Å². The van der Waals surface area contributed by atoms with E-state index in [1.54, 1.807) is 24.3 Å². The summed E-state index contributed by atoms with van der Waals surface area (Å²) in [5, 5.41) is 0. The standard InChI is InChI=1S/C12H14N4S/c1-17-16(8-2-3-8)12-9(13)4-5-10-11(12)15-7-6-14-10/h4-8H,2-3,13H2,1H3. The quantitative estimate of drug-likeness (QED) is 0.666. The van der Waals surface area contributed by atoms with Gasteiger partial charge in [0.25, 0.3) is 0 Å². The molecule has 1 aromatic carbocycles. The molecule has 0 saturated heterocycles. The summed E-state index contributed by atoms with van der Waals surface area (Å²) in [5.74, 6) is 0. The molecule has 88 valence electrons. The summed E-state index contributed by atoms with van der Waals surface area (Å²) in [7, 11) is 0. The van der Waals surface area contributed by atoms with Crippen molar-refractivity contribution in [2.45, 2.75) is 18.9 Å². The molecule has 2 aromatic rings. The number of hydrogen-bond acceptors (Lipinski definition) is 5. The maximum atomic E-state index is 6.11. The van der Waals surface area contributed by atoms with Crippen LogP contribution in [0, 0.1) is 0 Å². The van der Waals surface area contributed by atoms with Crippen LogP contribution in [0.2, 0.25) is 0 Å². The molecule has 0 aliphatic heterocycles. The number of aromatic nitrogens is 2. The summed E-state index contributed by atoms with van der Waals surface area (Å²) in [5.41, 5.74) is 9.70. The highest BCUT2D eigenvalue weighted by Gasteiger charge is 2.31. The molecular weight excluding hydrogens is 232 g/mol. The fraction of sp³-hybridized carbons (Fsp3) is 0.333. The number of benzene rings is 1. The molecule has 1 fully saturated rings. The Labute approximate surface area is 104 Å². The number of fused-ring (bicyclic) bond motifs is 1. The minimum absolute atomic E-state index is 0.597. The van der Waals surface area contributed by atoms with Crippen LogP contribution in [0.3, 0.4) is 0 Å². The molecule has 3 rings (SSSR count). The fourth-order valence-electron chi connectivity index (χ4n) is 2.00. The highest BCUT2D eigenvalue weighted by atomic mass is 32.2. The molecule has 0 amide bonds. The summed E-state index contributed by atoms with van der Waals surface area (Å²) >= 11 is 1.71. The number of anilines is 2. The van der Waals surface area contributed by atoms with E-state index in [1.807, 2.05) is 12.1 Å². The van der Waals surface area contributed by atoms with Gasteiger partial charge in [0.1, 0.15) is 5.52 Å². The number of nitrogens with two attached hydrogens (primary N) is 1. The molecule has 0 bridgehead atoms. The van der Waals surface area contributed by atoms with E-state index >= 15 is 0 Å². The van der Waals surface area contributed by atoms with Crippen LogP contribution in [0.5, 0.6) is 0 Å². The van der Waals surface area contributed by atoms with Gasteiger partial charge in [-0.1, -0.05) is 11.9 Å². The van der Waals surface area contributed by atoms with Gasteiger partial charge in [0.05, 0.1) is 16.9 Å². The zero-order valence-electron chi connectivity index (χ0n) is 9.63. The van der Waals surface area contributed by atoms with Crippen LogP contribution >= 0.6 is 11.9 Å². The smallest absolute Gasteiger partial charge is 0.115 e. The van der Waals surface area contributed by atoms with Gasteiger partial charge in [0.2, 0.25) is 0 Å². The molecule has 0 spiro atoms. The van der Waals surface area contributed by atoms with E-state index in [0.717, 1.165) is 22.4 Å². The molecule has 17 heavy (non-hydrogen) atoms. The van der Waals surface area contributed by atoms with E-state index in [1.165, 1.54) is 12.8 Å². The van der Waals surface area contributed by atoms with Gasteiger partial charge in [-0.15, -0.1) is 0 Å². The molecule has 0 radical (unpaired) electrons. The van der Waals surface area contributed by atoms with Crippen LogP contribution in [0.15, 0.2) is 24.5 Å². The van der Waals surface area contributed by atoms with Gasteiger partial charge in [-0.2, -0.15) is 0 Å². The third-order valence-corrected chi connectivity index (χ3v) is 3.81. The zero-order valence-corrected chi connectivity index (χ0v) is 10.4. The molecule has 5 heteroatoms. The number of hydrogen-bond donors (Lipinski definition) is 1. The van der Waals surface area contributed by atoms with Gasteiger partial charge in [0.15, 0.2) is 0 Å². The van der Waals surface area contributed by atoms with E-state index in [4.69, 9.17) is 5.73 Å². The first-order chi connectivity index (χ1) is 8.31. The molecule has 1 heterocycles. The topological polar surface area (TPSA) is 55.0 Å². The number of rotatable bonds is 3. The summed E-state index contributed by atoms with van der Waals surface area (Å²) < 4.78 is 2.27. The van der Waals surface area contributed by atoms with E-state index in [0.29, 0.717) is 6.04 Å². The van der Waals surface area contributed by atoms with Crippen LogP contribution < -0.4 is 10.0 Å². The SMILES string of the molecule is CSN(c1c(N)ccc2nccnc12)C1CC1. The lowest BCUT2D eigenvalue weighted by atomic mass is 10.2.